The Labute approximate surface area is 169 Å². The number of amides is 1. The van der Waals surface area contributed by atoms with E-state index in [4.69, 9.17) is 0 Å². The van der Waals surface area contributed by atoms with Gasteiger partial charge in [0.15, 0.2) is 0 Å². The molecule has 0 bridgehead atoms. The molecule has 0 saturated carbocycles. The van der Waals surface area contributed by atoms with Crippen LogP contribution in [0.15, 0.2) is 53.8 Å². The van der Waals surface area contributed by atoms with Gasteiger partial charge in [-0.2, -0.15) is 0 Å². The van der Waals surface area contributed by atoms with E-state index < -0.39 is 5.41 Å². The molecule has 0 aliphatic carbocycles. The summed E-state index contributed by atoms with van der Waals surface area (Å²) in [5.41, 5.74) is 3.96. The standard InChI is InChI=1S/C23H24N4O2/c1-14(2)27-13-15(6-7-20(27)28)16-8-17(11-24-10-16)18-9-19-21(25-12-18)26(5)22(29)23(19,3)4/h6-14H,1-5H3. The average molecular weight is 388 g/mol. The van der Waals surface area contributed by atoms with Gasteiger partial charge in [-0.15, -0.1) is 0 Å². The largest absolute Gasteiger partial charge is 0.312 e. The molecule has 0 spiro atoms. The molecule has 0 saturated heterocycles. The van der Waals surface area contributed by atoms with Gasteiger partial charge < -0.3 is 4.57 Å². The fraction of sp³-hybridized carbons (Fsp3) is 0.304. The molecule has 0 aromatic carbocycles. The first-order valence-electron chi connectivity index (χ1n) is 9.67. The van der Waals surface area contributed by atoms with Crippen molar-refractivity contribution in [1.29, 1.82) is 0 Å². The summed E-state index contributed by atoms with van der Waals surface area (Å²) < 4.78 is 1.71. The molecular formula is C23H24N4O2. The molecule has 0 fully saturated rings. The van der Waals surface area contributed by atoms with Crippen LogP contribution in [-0.4, -0.2) is 27.5 Å². The lowest BCUT2D eigenvalue weighted by molar-refractivity contribution is -0.121. The zero-order valence-corrected chi connectivity index (χ0v) is 17.3. The van der Waals surface area contributed by atoms with Gasteiger partial charge in [-0.3, -0.25) is 19.5 Å². The van der Waals surface area contributed by atoms with E-state index >= 15 is 0 Å². The molecule has 6 heteroatoms. The third-order valence-electron chi connectivity index (χ3n) is 5.60. The van der Waals surface area contributed by atoms with Gasteiger partial charge in [0.25, 0.3) is 5.56 Å². The molecule has 1 aliphatic heterocycles. The normalized spacial score (nSPS) is 15.1. The molecule has 6 nitrogen and oxygen atoms in total. The Kier molecular flexibility index (Phi) is 4.37. The second-order valence-corrected chi connectivity index (χ2v) is 8.30. The lowest BCUT2D eigenvalue weighted by Crippen LogP contribution is -2.33. The molecule has 0 unspecified atom stereocenters. The fourth-order valence-electron chi connectivity index (χ4n) is 3.81. The molecule has 4 heterocycles. The first-order chi connectivity index (χ1) is 13.7. The number of anilines is 1. The van der Waals surface area contributed by atoms with Crippen molar-refractivity contribution in [2.45, 2.75) is 39.2 Å². The number of rotatable bonds is 3. The summed E-state index contributed by atoms with van der Waals surface area (Å²) in [4.78, 5) is 35.2. The predicted octanol–water partition coefficient (Wildman–Crippen LogP) is 3.81. The summed E-state index contributed by atoms with van der Waals surface area (Å²) in [6.07, 6.45) is 7.22. The van der Waals surface area contributed by atoms with Crippen LogP contribution in [-0.2, 0) is 10.2 Å². The maximum atomic E-state index is 12.5. The van der Waals surface area contributed by atoms with Crippen molar-refractivity contribution in [2.75, 3.05) is 11.9 Å². The number of hydrogen-bond donors (Lipinski definition) is 0. The molecule has 0 radical (unpaired) electrons. The summed E-state index contributed by atoms with van der Waals surface area (Å²) in [7, 11) is 1.76. The SMILES string of the molecule is CC(C)n1cc(-c2cncc(-c3cnc4c(c3)C(C)(C)C(=O)N4C)c2)ccc1=O. The minimum absolute atomic E-state index is 0.0216. The molecule has 29 heavy (non-hydrogen) atoms. The van der Waals surface area contributed by atoms with E-state index in [9.17, 15) is 9.59 Å². The van der Waals surface area contributed by atoms with Crippen molar-refractivity contribution < 1.29 is 4.79 Å². The predicted molar refractivity (Wildman–Crippen MR) is 114 cm³/mol. The number of likely N-dealkylation sites (N-methyl/N-ethyl adjacent to an activating group) is 1. The second kappa shape index (κ2) is 6.65. The van der Waals surface area contributed by atoms with Gasteiger partial charge in [0.2, 0.25) is 5.91 Å². The number of carbonyl (C=O) groups is 1. The third-order valence-corrected chi connectivity index (χ3v) is 5.60. The first kappa shape index (κ1) is 19.1. The average Bonchev–Trinajstić information content (AvgIpc) is 2.88. The minimum atomic E-state index is -0.606. The fourth-order valence-corrected chi connectivity index (χ4v) is 3.81. The van der Waals surface area contributed by atoms with Gasteiger partial charge in [0, 0.05) is 66.2 Å². The summed E-state index contributed by atoms with van der Waals surface area (Å²) >= 11 is 0. The molecule has 1 aliphatic rings. The van der Waals surface area contributed by atoms with Gasteiger partial charge in [0.1, 0.15) is 5.82 Å². The van der Waals surface area contributed by atoms with Crippen molar-refractivity contribution in [2.24, 2.45) is 0 Å². The van der Waals surface area contributed by atoms with E-state index in [1.807, 2.05) is 52.1 Å². The summed E-state index contributed by atoms with van der Waals surface area (Å²) in [6, 6.07) is 7.55. The molecule has 1 amide bonds. The Morgan fingerprint density at radius 1 is 0.931 bits per heavy atom. The molecular weight excluding hydrogens is 364 g/mol. The van der Waals surface area contributed by atoms with E-state index in [0.29, 0.717) is 5.82 Å². The molecule has 3 aromatic rings. The maximum Gasteiger partial charge on any atom is 0.250 e. The molecule has 3 aromatic heterocycles. The van der Waals surface area contributed by atoms with Crippen LogP contribution in [0.25, 0.3) is 22.3 Å². The van der Waals surface area contributed by atoms with Crippen molar-refractivity contribution in [3.05, 3.63) is 65.0 Å². The van der Waals surface area contributed by atoms with Crippen LogP contribution in [0.2, 0.25) is 0 Å². The number of pyridine rings is 3. The number of nitrogens with zero attached hydrogens (tertiary/aromatic N) is 4. The second-order valence-electron chi connectivity index (χ2n) is 8.30. The lowest BCUT2D eigenvalue weighted by atomic mass is 9.86. The highest BCUT2D eigenvalue weighted by Gasteiger charge is 2.43. The molecule has 0 N–H and O–H groups in total. The minimum Gasteiger partial charge on any atom is -0.312 e. The Morgan fingerprint density at radius 2 is 1.59 bits per heavy atom. The number of hydrogen-bond acceptors (Lipinski definition) is 4. The maximum absolute atomic E-state index is 12.5. The quantitative estimate of drug-likeness (QED) is 0.684. The number of carbonyl (C=O) groups excluding carboxylic acids is 1. The first-order valence-corrected chi connectivity index (χ1v) is 9.67. The van der Waals surface area contributed by atoms with Crippen LogP contribution in [0, 0.1) is 0 Å². The van der Waals surface area contributed by atoms with Crippen LogP contribution >= 0.6 is 0 Å². The molecule has 0 atom stereocenters. The van der Waals surface area contributed by atoms with Crippen molar-refractivity contribution in [3.8, 4) is 22.3 Å². The van der Waals surface area contributed by atoms with Crippen molar-refractivity contribution >= 4 is 11.7 Å². The Hall–Kier alpha value is -3.28. The van der Waals surface area contributed by atoms with E-state index in [1.165, 1.54) is 0 Å². The summed E-state index contributed by atoms with van der Waals surface area (Å²) in [5.74, 6) is 0.747. The number of aromatic nitrogens is 3. The summed E-state index contributed by atoms with van der Waals surface area (Å²) in [5, 5.41) is 0. The summed E-state index contributed by atoms with van der Waals surface area (Å²) in [6.45, 7) is 7.81. The zero-order chi connectivity index (χ0) is 20.9. The van der Waals surface area contributed by atoms with E-state index in [-0.39, 0.29) is 17.5 Å². The Morgan fingerprint density at radius 3 is 2.28 bits per heavy atom. The monoisotopic (exact) mass is 388 g/mol. The highest BCUT2D eigenvalue weighted by molar-refractivity contribution is 6.06. The van der Waals surface area contributed by atoms with Crippen LogP contribution in [0.1, 0.15) is 39.3 Å². The van der Waals surface area contributed by atoms with Crippen LogP contribution in [0.4, 0.5) is 5.82 Å². The highest BCUT2D eigenvalue weighted by atomic mass is 16.2. The Bertz CT molecular complexity index is 1180. The van der Waals surface area contributed by atoms with Gasteiger partial charge in [-0.05, 0) is 51.5 Å². The molecule has 148 valence electrons. The number of fused-ring (bicyclic) bond motifs is 1. The molecule has 4 rings (SSSR count). The van der Waals surface area contributed by atoms with E-state index in [1.54, 1.807) is 41.2 Å². The van der Waals surface area contributed by atoms with Crippen LogP contribution in [0.5, 0.6) is 0 Å². The Balaban J connectivity index is 1.78. The van der Waals surface area contributed by atoms with Crippen molar-refractivity contribution in [3.63, 3.8) is 0 Å². The van der Waals surface area contributed by atoms with Crippen molar-refractivity contribution in [1.82, 2.24) is 14.5 Å². The highest BCUT2D eigenvalue weighted by Crippen LogP contribution is 2.41. The van der Waals surface area contributed by atoms with Gasteiger partial charge in [0.05, 0.1) is 5.41 Å². The van der Waals surface area contributed by atoms with E-state index in [2.05, 4.69) is 9.97 Å². The van der Waals surface area contributed by atoms with Gasteiger partial charge in [-0.1, -0.05) is 0 Å². The van der Waals surface area contributed by atoms with Crippen LogP contribution < -0.4 is 10.5 Å². The van der Waals surface area contributed by atoms with Gasteiger partial charge in [-0.25, -0.2) is 4.98 Å². The lowest BCUT2D eigenvalue weighted by Gasteiger charge is -2.16. The smallest absolute Gasteiger partial charge is 0.250 e. The van der Waals surface area contributed by atoms with Crippen LogP contribution in [0.3, 0.4) is 0 Å². The third kappa shape index (κ3) is 3.05. The topological polar surface area (TPSA) is 68.1 Å². The van der Waals surface area contributed by atoms with E-state index in [0.717, 1.165) is 27.8 Å². The van der Waals surface area contributed by atoms with Gasteiger partial charge >= 0.3 is 0 Å². The zero-order valence-electron chi connectivity index (χ0n) is 17.3.